The summed E-state index contributed by atoms with van der Waals surface area (Å²) in [5.41, 5.74) is 1.62. The van der Waals surface area contributed by atoms with Gasteiger partial charge >= 0.3 is 0 Å². The topological polar surface area (TPSA) is 30.2 Å². The number of halogens is 1. The Bertz CT molecular complexity index is 437. The summed E-state index contributed by atoms with van der Waals surface area (Å²) >= 11 is 9.95. The Labute approximate surface area is 79.8 Å². The smallest absolute Gasteiger partial charge is 0.155 e. The zero-order chi connectivity index (χ0) is 8.72. The number of nitrogens with zero attached hydrogens (tertiary/aromatic N) is 3. The quantitative estimate of drug-likeness (QED) is 0.658. The van der Waals surface area contributed by atoms with Gasteiger partial charge in [0.2, 0.25) is 0 Å². The summed E-state index contributed by atoms with van der Waals surface area (Å²) < 4.78 is 1.61. The SMILES string of the molecule is Cc1nc2ccc(Cl)nn2c1S. The fraction of sp³-hybridized carbons (Fsp3) is 0.143. The molecule has 2 aromatic rings. The van der Waals surface area contributed by atoms with Gasteiger partial charge in [0.1, 0.15) is 10.2 Å². The van der Waals surface area contributed by atoms with Gasteiger partial charge in [-0.05, 0) is 19.1 Å². The first-order valence-corrected chi connectivity index (χ1v) is 4.22. The summed E-state index contributed by atoms with van der Waals surface area (Å²) in [6, 6.07) is 3.51. The lowest BCUT2D eigenvalue weighted by Crippen LogP contribution is -1.91. The predicted molar refractivity (Wildman–Crippen MR) is 50.0 cm³/mol. The number of imidazole rings is 1. The maximum Gasteiger partial charge on any atom is 0.155 e. The van der Waals surface area contributed by atoms with Crippen molar-refractivity contribution in [2.45, 2.75) is 11.9 Å². The van der Waals surface area contributed by atoms with Crippen LogP contribution in [-0.2, 0) is 0 Å². The van der Waals surface area contributed by atoms with Crippen LogP contribution in [0.15, 0.2) is 17.2 Å². The first kappa shape index (κ1) is 7.89. The Hall–Kier alpha value is -0.740. The lowest BCUT2D eigenvalue weighted by Gasteiger charge is -1.93. The molecule has 0 aliphatic heterocycles. The van der Waals surface area contributed by atoms with Crippen LogP contribution in [0.5, 0.6) is 0 Å². The summed E-state index contributed by atoms with van der Waals surface area (Å²) in [5.74, 6) is 0. The highest BCUT2D eigenvalue weighted by atomic mass is 35.5. The molecule has 12 heavy (non-hydrogen) atoms. The van der Waals surface area contributed by atoms with Gasteiger partial charge in [-0.2, -0.15) is 5.10 Å². The van der Waals surface area contributed by atoms with E-state index in [0.29, 0.717) is 5.15 Å². The molecule has 3 nitrogen and oxygen atoms in total. The molecule has 0 aliphatic rings. The molecule has 0 radical (unpaired) electrons. The van der Waals surface area contributed by atoms with E-state index < -0.39 is 0 Å². The minimum atomic E-state index is 0.440. The standard InChI is InChI=1S/C7H6ClN3S/c1-4-7(12)11-6(9-4)3-2-5(8)10-11/h2-3,12H,1H3. The second kappa shape index (κ2) is 2.64. The van der Waals surface area contributed by atoms with Crippen molar-refractivity contribution in [1.29, 1.82) is 0 Å². The Morgan fingerprint density at radius 3 is 3.00 bits per heavy atom. The van der Waals surface area contributed by atoms with Crippen LogP contribution in [0.1, 0.15) is 5.69 Å². The van der Waals surface area contributed by atoms with E-state index in [1.165, 1.54) is 0 Å². The van der Waals surface area contributed by atoms with E-state index in [0.717, 1.165) is 16.4 Å². The van der Waals surface area contributed by atoms with Gasteiger partial charge in [0.05, 0.1) is 5.69 Å². The molecule has 0 saturated heterocycles. The molecule has 2 rings (SSSR count). The van der Waals surface area contributed by atoms with Gasteiger partial charge in [0.15, 0.2) is 5.65 Å². The monoisotopic (exact) mass is 199 g/mol. The first-order chi connectivity index (χ1) is 5.68. The molecule has 2 aromatic heterocycles. The summed E-state index contributed by atoms with van der Waals surface area (Å²) in [6.07, 6.45) is 0. The van der Waals surface area contributed by atoms with Crippen LogP contribution in [0.4, 0.5) is 0 Å². The third kappa shape index (κ3) is 1.07. The van der Waals surface area contributed by atoms with Crippen LogP contribution in [-0.4, -0.2) is 14.6 Å². The Kier molecular flexibility index (Phi) is 1.73. The average molecular weight is 200 g/mol. The molecule has 0 fully saturated rings. The van der Waals surface area contributed by atoms with Crippen molar-refractivity contribution in [3.63, 3.8) is 0 Å². The van der Waals surface area contributed by atoms with Crippen molar-refractivity contribution < 1.29 is 0 Å². The molecule has 0 bridgehead atoms. The third-order valence-corrected chi connectivity index (χ3v) is 2.30. The third-order valence-electron chi connectivity index (χ3n) is 1.59. The van der Waals surface area contributed by atoms with E-state index in [4.69, 9.17) is 11.6 Å². The second-order valence-electron chi connectivity index (χ2n) is 2.45. The average Bonchev–Trinajstić information content (AvgIpc) is 2.31. The van der Waals surface area contributed by atoms with Crippen molar-refractivity contribution in [2.24, 2.45) is 0 Å². The van der Waals surface area contributed by atoms with E-state index in [9.17, 15) is 0 Å². The van der Waals surface area contributed by atoms with Crippen LogP contribution in [0, 0.1) is 6.92 Å². The molecule has 0 aromatic carbocycles. The number of aryl methyl sites for hydroxylation is 1. The molecular formula is C7H6ClN3S. The number of fused-ring (bicyclic) bond motifs is 1. The maximum absolute atomic E-state index is 5.71. The number of rotatable bonds is 0. The van der Waals surface area contributed by atoms with Gasteiger partial charge in [-0.15, -0.1) is 12.6 Å². The molecule has 0 aliphatic carbocycles. The highest BCUT2D eigenvalue weighted by Gasteiger charge is 2.05. The van der Waals surface area contributed by atoms with Crippen LogP contribution < -0.4 is 0 Å². The summed E-state index contributed by atoms with van der Waals surface area (Å²) in [7, 11) is 0. The van der Waals surface area contributed by atoms with Crippen molar-refractivity contribution in [2.75, 3.05) is 0 Å². The van der Waals surface area contributed by atoms with Gasteiger partial charge in [-0.25, -0.2) is 9.50 Å². The Morgan fingerprint density at radius 2 is 2.25 bits per heavy atom. The minimum Gasteiger partial charge on any atom is -0.231 e. The van der Waals surface area contributed by atoms with Gasteiger partial charge in [-0.3, -0.25) is 0 Å². The van der Waals surface area contributed by atoms with E-state index in [1.807, 2.05) is 13.0 Å². The van der Waals surface area contributed by atoms with Gasteiger partial charge in [-0.1, -0.05) is 11.6 Å². The molecule has 0 saturated carbocycles. The number of thiol groups is 1. The highest BCUT2D eigenvalue weighted by Crippen LogP contribution is 2.15. The number of aromatic nitrogens is 3. The first-order valence-electron chi connectivity index (χ1n) is 3.39. The molecule has 0 N–H and O–H groups in total. The Morgan fingerprint density at radius 1 is 1.50 bits per heavy atom. The van der Waals surface area contributed by atoms with E-state index >= 15 is 0 Å². The van der Waals surface area contributed by atoms with Crippen LogP contribution in [0.3, 0.4) is 0 Å². The lowest BCUT2D eigenvalue weighted by atomic mass is 10.6. The molecule has 0 atom stereocenters. The molecule has 0 unspecified atom stereocenters. The molecule has 2 heterocycles. The van der Waals surface area contributed by atoms with Crippen molar-refractivity contribution in [1.82, 2.24) is 14.6 Å². The second-order valence-corrected chi connectivity index (χ2v) is 3.26. The molecular weight excluding hydrogens is 194 g/mol. The van der Waals surface area contributed by atoms with E-state index in [1.54, 1.807) is 10.6 Å². The zero-order valence-electron chi connectivity index (χ0n) is 6.32. The largest absolute Gasteiger partial charge is 0.231 e. The zero-order valence-corrected chi connectivity index (χ0v) is 7.97. The summed E-state index contributed by atoms with van der Waals surface area (Å²) in [6.45, 7) is 1.88. The van der Waals surface area contributed by atoms with Gasteiger partial charge in [0.25, 0.3) is 0 Å². The lowest BCUT2D eigenvalue weighted by molar-refractivity contribution is 0.851. The fourth-order valence-electron chi connectivity index (χ4n) is 1.01. The Balaban J connectivity index is 2.88. The maximum atomic E-state index is 5.71. The molecule has 0 spiro atoms. The number of hydrogen-bond donors (Lipinski definition) is 1. The fourth-order valence-corrected chi connectivity index (χ4v) is 1.35. The van der Waals surface area contributed by atoms with Crippen molar-refractivity contribution in [3.05, 3.63) is 23.0 Å². The van der Waals surface area contributed by atoms with Crippen LogP contribution in [0.2, 0.25) is 5.15 Å². The minimum absolute atomic E-state index is 0.440. The molecule has 0 amide bonds. The van der Waals surface area contributed by atoms with E-state index in [2.05, 4.69) is 22.7 Å². The predicted octanol–water partition coefficient (Wildman–Crippen LogP) is 1.98. The molecule has 62 valence electrons. The summed E-state index contributed by atoms with van der Waals surface area (Å²) in [4.78, 5) is 4.22. The highest BCUT2D eigenvalue weighted by molar-refractivity contribution is 7.80. The number of hydrogen-bond acceptors (Lipinski definition) is 3. The summed E-state index contributed by atoms with van der Waals surface area (Å²) in [5, 5.41) is 5.21. The van der Waals surface area contributed by atoms with Crippen LogP contribution >= 0.6 is 24.2 Å². The van der Waals surface area contributed by atoms with Crippen LogP contribution in [0.25, 0.3) is 5.65 Å². The molecule has 5 heteroatoms. The van der Waals surface area contributed by atoms with Gasteiger partial charge < -0.3 is 0 Å². The van der Waals surface area contributed by atoms with Gasteiger partial charge in [0, 0.05) is 0 Å². The van der Waals surface area contributed by atoms with E-state index in [-0.39, 0.29) is 0 Å². The normalized spacial score (nSPS) is 10.9. The van der Waals surface area contributed by atoms with Crippen molar-refractivity contribution >= 4 is 29.9 Å². The van der Waals surface area contributed by atoms with Crippen molar-refractivity contribution in [3.8, 4) is 0 Å².